The Hall–Kier alpha value is -2.24. The van der Waals surface area contributed by atoms with Gasteiger partial charge in [0.2, 0.25) is 0 Å². The molecule has 2 aromatic rings. The number of aliphatic hydroxyl groups is 1. The number of benzene rings is 2. The largest absolute Gasteiger partial charge is 0.379 e. The quantitative estimate of drug-likeness (QED) is 0.767. The molecule has 1 atom stereocenters. The van der Waals surface area contributed by atoms with Crippen LogP contribution in [-0.4, -0.2) is 34.6 Å². The van der Waals surface area contributed by atoms with E-state index >= 15 is 0 Å². The molecule has 5 heteroatoms. The Balaban J connectivity index is 1.59. The van der Waals surface area contributed by atoms with Crippen molar-refractivity contribution in [3.63, 3.8) is 0 Å². The number of nitrogens with one attached hydrogen (secondary N) is 1. The standard InChI is InChI=1S/C23H29FN2O2/c1-17(2)19-10-8-18(9-11-19)15-26-13-5-12-23(28,22(26)27)16-25-14-20-6-3-4-7-21(20)24/h3-4,6-11,17,25,28H,5,12-16H2,1-2H3/t23-/m0/s1. The number of halogens is 1. The number of piperidine rings is 1. The van der Waals surface area contributed by atoms with Crippen LogP contribution in [0.3, 0.4) is 0 Å². The number of hydrogen-bond acceptors (Lipinski definition) is 3. The van der Waals surface area contributed by atoms with E-state index in [1.165, 1.54) is 11.6 Å². The topological polar surface area (TPSA) is 52.6 Å². The summed E-state index contributed by atoms with van der Waals surface area (Å²) < 4.78 is 13.7. The molecule has 0 aliphatic carbocycles. The molecule has 0 spiro atoms. The summed E-state index contributed by atoms with van der Waals surface area (Å²) in [5, 5.41) is 14.0. The second-order valence-corrected chi connectivity index (χ2v) is 7.95. The van der Waals surface area contributed by atoms with Crippen LogP contribution in [0.1, 0.15) is 49.3 Å². The number of hydrogen-bond donors (Lipinski definition) is 2. The summed E-state index contributed by atoms with van der Waals surface area (Å²) in [5.41, 5.74) is 1.40. The van der Waals surface area contributed by atoms with Crippen molar-refractivity contribution >= 4 is 5.91 Å². The van der Waals surface area contributed by atoms with Gasteiger partial charge in [0.05, 0.1) is 0 Å². The van der Waals surface area contributed by atoms with Crippen LogP contribution in [0.25, 0.3) is 0 Å². The number of likely N-dealkylation sites (tertiary alicyclic amines) is 1. The highest BCUT2D eigenvalue weighted by Crippen LogP contribution is 2.24. The number of carbonyl (C=O) groups is 1. The summed E-state index contributed by atoms with van der Waals surface area (Å²) in [4.78, 5) is 14.6. The van der Waals surface area contributed by atoms with Crippen LogP contribution in [0.4, 0.5) is 4.39 Å². The van der Waals surface area contributed by atoms with Crippen molar-refractivity contribution in [2.24, 2.45) is 0 Å². The lowest BCUT2D eigenvalue weighted by Gasteiger charge is -2.38. The van der Waals surface area contributed by atoms with Gasteiger partial charge in [0.25, 0.3) is 5.91 Å². The zero-order valence-electron chi connectivity index (χ0n) is 16.6. The van der Waals surface area contributed by atoms with Crippen molar-refractivity contribution in [3.8, 4) is 0 Å². The Bertz CT molecular complexity index is 807. The number of amides is 1. The third-order valence-electron chi connectivity index (χ3n) is 5.41. The van der Waals surface area contributed by atoms with Gasteiger partial charge in [-0.2, -0.15) is 0 Å². The molecule has 0 radical (unpaired) electrons. The molecule has 28 heavy (non-hydrogen) atoms. The summed E-state index contributed by atoms with van der Waals surface area (Å²) in [7, 11) is 0. The number of nitrogens with zero attached hydrogens (tertiary/aromatic N) is 1. The fourth-order valence-corrected chi connectivity index (χ4v) is 3.65. The molecule has 1 fully saturated rings. The highest BCUT2D eigenvalue weighted by Gasteiger charge is 2.41. The van der Waals surface area contributed by atoms with E-state index in [1.54, 1.807) is 23.1 Å². The van der Waals surface area contributed by atoms with Crippen molar-refractivity contribution in [1.29, 1.82) is 0 Å². The Morgan fingerprint density at radius 2 is 1.89 bits per heavy atom. The van der Waals surface area contributed by atoms with Gasteiger partial charge in [-0.15, -0.1) is 0 Å². The molecular weight excluding hydrogens is 355 g/mol. The van der Waals surface area contributed by atoms with E-state index in [-0.39, 0.29) is 24.8 Å². The van der Waals surface area contributed by atoms with E-state index in [0.717, 1.165) is 12.0 Å². The Kier molecular flexibility index (Phi) is 6.47. The smallest absolute Gasteiger partial charge is 0.256 e. The van der Waals surface area contributed by atoms with Gasteiger partial charge in [-0.25, -0.2) is 4.39 Å². The summed E-state index contributed by atoms with van der Waals surface area (Å²) >= 11 is 0. The monoisotopic (exact) mass is 384 g/mol. The molecule has 0 bridgehead atoms. The average Bonchev–Trinajstić information content (AvgIpc) is 2.68. The van der Waals surface area contributed by atoms with Crippen molar-refractivity contribution in [3.05, 3.63) is 71.0 Å². The first-order valence-electron chi connectivity index (χ1n) is 9.94. The third kappa shape index (κ3) is 4.78. The average molecular weight is 384 g/mol. The highest BCUT2D eigenvalue weighted by molar-refractivity contribution is 5.86. The maximum Gasteiger partial charge on any atom is 0.256 e. The van der Waals surface area contributed by atoms with E-state index in [0.29, 0.717) is 31.0 Å². The lowest BCUT2D eigenvalue weighted by Crippen LogP contribution is -2.57. The Morgan fingerprint density at radius 3 is 2.57 bits per heavy atom. The highest BCUT2D eigenvalue weighted by atomic mass is 19.1. The summed E-state index contributed by atoms with van der Waals surface area (Å²) in [5.74, 6) is -0.0764. The Labute approximate surface area is 166 Å². The lowest BCUT2D eigenvalue weighted by atomic mass is 9.91. The van der Waals surface area contributed by atoms with Gasteiger partial charge in [-0.05, 0) is 36.0 Å². The van der Waals surface area contributed by atoms with Crippen LogP contribution in [0.5, 0.6) is 0 Å². The molecular formula is C23H29FN2O2. The molecule has 2 aromatic carbocycles. The molecule has 4 nitrogen and oxygen atoms in total. The molecule has 0 aromatic heterocycles. The van der Waals surface area contributed by atoms with Crippen molar-refractivity contribution in [2.75, 3.05) is 13.1 Å². The maximum atomic E-state index is 13.7. The first kappa shape index (κ1) is 20.5. The van der Waals surface area contributed by atoms with Gasteiger partial charge >= 0.3 is 0 Å². The predicted molar refractivity (Wildman–Crippen MR) is 108 cm³/mol. The Morgan fingerprint density at radius 1 is 1.18 bits per heavy atom. The SMILES string of the molecule is CC(C)c1ccc(CN2CCC[C@](O)(CNCc3ccccc3F)C2=O)cc1. The summed E-state index contributed by atoms with van der Waals surface area (Å²) in [6.45, 7) is 5.82. The molecule has 1 aliphatic rings. The van der Waals surface area contributed by atoms with Crippen molar-refractivity contribution in [2.45, 2.75) is 51.3 Å². The maximum absolute atomic E-state index is 13.7. The molecule has 1 heterocycles. The van der Waals surface area contributed by atoms with Crippen LogP contribution in [0, 0.1) is 5.82 Å². The molecule has 1 saturated heterocycles. The van der Waals surface area contributed by atoms with E-state index < -0.39 is 5.60 Å². The predicted octanol–water partition coefficient (Wildman–Crippen LogP) is 3.59. The van der Waals surface area contributed by atoms with Crippen molar-refractivity contribution < 1.29 is 14.3 Å². The number of carbonyl (C=O) groups excluding carboxylic acids is 1. The second kappa shape index (κ2) is 8.84. The van der Waals surface area contributed by atoms with E-state index in [1.807, 2.05) is 12.1 Å². The summed E-state index contributed by atoms with van der Waals surface area (Å²) in [6.07, 6.45) is 1.16. The van der Waals surface area contributed by atoms with E-state index in [4.69, 9.17) is 0 Å². The molecule has 3 rings (SSSR count). The van der Waals surface area contributed by atoms with Gasteiger partial charge in [0, 0.05) is 31.7 Å². The minimum Gasteiger partial charge on any atom is -0.379 e. The van der Waals surface area contributed by atoms with E-state index in [2.05, 4.69) is 31.3 Å². The van der Waals surface area contributed by atoms with Crippen molar-refractivity contribution in [1.82, 2.24) is 10.2 Å². The van der Waals surface area contributed by atoms with Crippen LogP contribution >= 0.6 is 0 Å². The first-order chi connectivity index (χ1) is 13.4. The van der Waals surface area contributed by atoms with Gasteiger partial charge < -0.3 is 15.3 Å². The van der Waals surface area contributed by atoms with Crippen LogP contribution in [0.15, 0.2) is 48.5 Å². The second-order valence-electron chi connectivity index (χ2n) is 7.95. The number of rotatable bonds is 7. The minimum atomic E-state index is -1.44. The normalized spacial score (nSPS) is 20.0. The van der Waals surface area contributed by atoms with Gasteiger partial charge in [0.1, 0.15) is 5.82 Å². The summed E-state index contributed by atoms with van der Waals surface area (Å²) in [6, 6.07) is 14.8. The zero-order valence-corrected chi connectivity index (χ0v) is 16.6. The van der Waals surface area contributed by atoms with Crippen LogP contribution in [-0.2, 0) is 17.9 Å². The van der Waals surface area contributed by atoms with Crippen LogP contribution in [0.2, 0.25) is 0 Å². The molecule has 1 amide bonds. The van der Waals surface area contributed by atoms with Gasteiger partial charge in [-0.3, -0.25) is 4.79 Å². The molecule has 150 valence electrons. The molecule has 1 aliphatic heterocycles. The molecule has 0 unspecified atom stereocenters. The van der Waals surface area contributed by atoms with E-state index in [9.17, 15) is 14.3 Å². The third-order valence-corrected chi connectivity index (χ3v) is 5.41. The zero-order chi connectivity index (χ0) is 20.1. The van der Waals surface area contributed by atoms with Crippen LogP contribution < -0.4 is 5.32 Å². The fraction of sp³-hybridized carbons (Fsp3) is 0.435. The first-order valence-corrected chi connectivity index (χ1v) is 9.94. The van der Waals surface area contributed by atoms with Gasteiger partial charge in [0.15, 0.2) is 5.60 Å². The van der Waals surface area contributed by atoms with Gasteiger partial charge in [-0.1, -0.05) is 56.3 Å². The fourth-order valence-electron chi connectivity index (χ4n) is 3.65. The molecule has 2 N–H and O–H groups in total. The lowest BCUT2D eigenvalue weighted by molar-refractivity contribution is -0.157. The molecule has 0 saturated carbocycles. The minimum absolute atomic E-state index is 0.114.